The first-order chi connectivity index (χ1) is 18.6. The zero-order valence-electron chi connectivity index (χ0n) is 21.0. The summed E-state index contributed by atoms with van der Waals surface area (Å²) in [6.07, 6.45) is 2.26. The van der Waals surface area contributed by atoms with Gasteiger partial charge in [-0.25, -0.2) is 14.4 Å². The molecule has 194 valence electrons. The van der Waals surface area contributed by atoms with Crippen molar-refractivity contribution in [2.45, 2.75) is 26.1 Å². The average Bonchev–Trinajstić information content (AvgIpc) is 2.96. The fourth-order valence-corrected chi connectivity index (χ4v) is 4.97. The van der Waals surface area contributed by atoms with E-state index in [1.165, 1.54) is 0 Å². The Kier molecular flexibility index (Phi) is 6.51. The van der Waals surface area contributed by atoms with Gasteiger partial charge in [-0.05, 0) is 48.9 Å². The topological polar surface area (TPSA) is 92.4 Å². The molecule has 0 bridgehead atoms. The molecule has 9 heteroatoms. The Morgan fingerprint density at radius 2 is 1.97 bits per heavy atom. The quantitative estimate of drug-likeness (QED) is 0.330. The molecule has 0 radical (unpaired) electrons. The minimum atomic E-state index is -0.620. The van der Waals surface area contributed by atoms with E-state index in [1.54, 1.807) is 18.3 Å². The summed E-state index contributed by atoms with van der Waals surface area (Å²) in [4.78, 5) is 26.3. The van der Waals surface area contributed by atoms with Crippen molar-refractivity contribution < 1.29 is 13.9 Å². The normalized spacial score (nSPS) is 15.3. The standard InChI is InChI=1S/C29H28FN5O3/c1-18(29-31-8-7-22(17-30)33-29)32-21-5-6-26-20(14-21)13-19-3-2-4-24(28(19)38-26)25-15-23(16-27(36)34-25)35-9-11-37-12-10-35/h2-8,14-16,18,32H,9-13,17H2,1H3,(H,34,36). The van der Waals surface area contributed by atoms with Crippen LogP contribution in [0.5, 0.6) is 11.5 Å². The first kappa shape index (κ1) is 24.1. The van der Waals surface area contributed by atoms with E-state index in [0.717, 1.165) is 58.3 Å². The third-order valence-electron chi connectivity index (χ3n) is 6.88. The number of halogens is 1. The molecule has 0 spiro atoms. The van der Waals surface area contributed by atoms with E-state index in [4.69, 9.17) is 9.47 Å². The van der Waals surface area contributed by atoms with Crippen LogP contribution in [0.4, 0.5) is 15.8 Å². The van der Waals surface area contributed by atoms with E-state index in [-0.39, 0.29) is 11.6 Å². The predicted octanol–water partition coefficient (Wildman–Crippen LogP) is 5.01. The predicted molar refractivity (Wildman–Crippen MR) is 144 cm³/mol. The van der Waals surface area contributed by atoms with E-state index >= 15 is 0 Å². The van der Waals surface area contributed by atoms with Crippen LogP contribution in [-0.2, 0) is 17.8 Å². The van der Waals surface area contributed by atoms with Crippen molar-refractivity contribution >= 4 is 11.4 Å². The van der Waals surface area contributed by atoms with Gasteiger partial charge in [0, 0.05) is 54.3 Å². The van der Waals surface area contributed by atoms with Crippen LogP contribution < -0.4 is 20.5 Å². The van der Waals surface area contributed by atoms with Crippen LogP contribution in [0.1, 0.15) is 35.6 Å². The summed E-state index contributed by atoms with van der Waals surface area (Å²) in [6, 6.07) is 17.0. The molecule has 4 heterocycles. The van der Waals surface area contributed by atoms with Gasteiger partial charge in [-0.1, -0.05) is 12.1 Å². The summed E-state index contributed by atoms with van der Waals surface area (Å²) in [5.74, 6) is 2.06. The Balaban J connectivity index is 1.26. The fourth-order valence-electron chi connectivity index (χ4n) is 4.97. The number of para-hydroxylation sites is 1. The van der Waals surface area contributed by atoms with Gasteiger partial charge in [-0.3, -0.25) is 4.79 Å². The second-order valence-electron chi connectivity index (χ2n) is 9.52. The highest BCUT2D eigenvalue weighted by Crippen LogP contribution is 2.43. The molecule has 2 aromatic carbocycles. The Morgan fingerprint density at radius 1 is 1.11 bits per heavy atom. The number of pyridine rings is 1. The minimum Gasteiger partial charge on any atom is -0.456 e. The van der Waals surface area contributed by atoms with Crippen LogP contribution in [-0.4, -0.2) is 41.3 Å². The molecule has 1 fully saturated rings. The maximum Gasteiger partial charge on any atom is 0.250 e. The van der Waals surface area contributed by atoms with Crippen molar-refractivity contribution in [3.05, 3.63) is 93.8 Å². The number of aromatic amines is 1. The number of alkyl halides is 1. The lowest BCUT2D eigenvalue weighted by Gasteiger charge is -2.29. The van der Waals surface area contributed by atoms with E-state index in [9.17, 15) is 9.18 Å². The van der Waals surface area contributed by atoms with Gasteiger partial charge >= 0.3 is 0 Å². The van der Waals surface area contributed by atoms with Crippen LogP contribution in [0.25, 0.3) is 11.3 Å². The van der Waals surface area contributed by atoms with Gasteiger partial charge < -0.3 is 24.7 Å². The second kappa shape index (κ2) is 10.3. The number of H-pyrrole nitrogens is 1. The molecule has 2 aliphatic rings. The summed E-state index contributed by atoms with van der Waals surface area (Å²) in [5, 5.41) is 3.41. The Morgan fingerprint density at radius 3 is 2.82 bits per heavy atom. The highest BCUT2D eigenvalue weighted by Gasteiger charge is 2.23. The minimum absolute atomic E-state index is 0.149. The molecule has 38 heavy (non-hydrogen) atoms. The zero-order chi connectivity index (χ0) is 26.1. The van der Waals surface area contributed by atoms with Crippen LogP contribution >= 0.6 is 0 Å². The molecule has 2 aliphatic heterocycles. The van der Waals surface area contributed by atoms with Crippen molar-refractivity contribution in [3.63, 3.8) is 0 Å². The first-order valence-electron chi connectivity index (χ1n) is 12.7. The maximum atomic E-state index is 13.0. The molecular weight excluding hydrogens is 485 g/mol. The molecule has 0 aliphatic carbocycles. The molecule has 8 nitrogen and oxygen atoms in total. The molecule has 4 aromatic rings. The molecule has 1 atom stereocenters. The summed E-state index contributed by atoms with van der Waals surface area (Å²) >= 11 is 0. The van der Waals surface area contributed by atoms with Gasteiger partial charge in [0.2, 0.25) is 5.56 Å². The van der Waals surface area contributed by atoms with E-state index in [2.05, 4.69) is 31.2 Å². The smallest absolute Gasteiger partial charge is 0.250 e. The summed E-state index contributed by atoms with van der Waals surface area (Å²) in [5.41, 5.74) is 5.65. The Labute approximate surface area is 219 Å². The van der Waals surface area contributed by atoms with Gasteiger partial charge in [0.05, 0.1) is 30.6 Å². The third kappa shape index (κ3) is 4.84. The SMILES string of the molecule is CC(Nc1ccc2c(c1)Cc1cccc(-c3cc(N4CCOCC4)cc(=O)[nH]3)c1O2)c1nccc(CF)n1. The highest BCUT2D eigenvalue weighted by atomic mass is 19.1. The number of nitrogens with one attached hydrogen (secondary N) is 2. The van der Waals surface area contributed by atoms with Gasteiger partial charge in [-0.15, -0.1) is 0 Å². The number of ether oxygens (including phenoxy) is 2. The lowest BCUT2D eigenvalue weighted by Crippen LogP contribution is -2.36. The number of nitrogens with zero attached hydrogens (tertiary/aromatic N) is 3. The summed E-state index contributed by atoms with van der Waals surface area (Å²) in [6.45, 7) is 4.13. The molecule has 1 saturated heterocycles. The van der Waals surface area contributed by atoms with Crippen molar-refractivity contribution in [1.82, 2.24) is 15.0 Å². The molecule has 0 amide bonds. The lowest BCUT2D eigenvalue weighted by atomic mass is 9.96. The van der Waals surface area contributed by atoms with Gasteiger partial charge in [0.1, 0.15) is 18.2 Å². The number of rotatable bonds is 6. The van der Waals surface area contributed by atoms with Crippen molar-refractivity contribution in [2.24, 2.45) is 0 Å². The van der Waals surface area contributed by atoms with Gasteiger partial charge in [0.15, 0.2) is 5.82 Å². The molecule has 6 rings (SSSR count). The molecule has 0 saturated carbocycles. The number of anilines is 2. The molecule has 2 aromatic heterocycles. The highest BCUT2D eigenvalue weighted by molar-refractivity contribution is 5.74. The molecule has 1 unspecified atom stereocenters. The van der Waals surface area contributed by atoms with Crippen molar-refractivity contribution in [1.29, 1.82) is 0 Å². The number of hydrogen-bond acceptors (Lipinski definition) is 7. The summed E-state index contributed by atoms with van der Waals surface area (Å²) < 4.78 is 24.9. The Bertz CT molecular complexity index is 1530. The van der Waals surface area contributed by atoms with Crippen molar-refractivity contribution in [3.8, 4) is 22.8 Å². The van der Waals surface area contributed by atoms with Crippen LogP contribution in [0.15, 0.2) is 65.6 Å². The Hall–Kier alpha value is -4.24. The van der Waals surface area contributed by atoms with E-state index < -0.39 is 6.67 Å². The van der Waals surface area contributed by atoms with Crippen molar-refractivity contribution in [2.75, 3.05) is 36.5 Å². The van der Waals surface area contributed by atoms with E-state index in [0.29, 0.717) is 31.2 Å². The third-order valence-corrected chi connectivity index (χ3v) is 6.88. The number of hydrogen-bond donors (Lipinski definition) is 2. The zero-order valence-corrected chi connectivity index (χ0v) is 21.0. The van der Waals surface area contributed by atoms with Crippen LogP contribution in [0, 0.1) is 0 Å². The molecule has 2 N–H and O–H groups in total. The second-order valence-corrected chi connectivity index (χ2v) is 9.52. The first-order valence-corrected chi connectivity index (χ1v) is 12.7. The number of fused-ring (bicyclic) bond motifs is 2. The maximum absolute atomic E-state index is 13.0. The largest absolute Gasteiger partial charge is 0.456 e. The lowest BCUT2D eigenvalue weighted by molar-refractivity contribution is 0.122. The number of aromatic nitrogens is 3. The number of benzene rings is 2. The summed E-state index contributed by atoms with van der Waals surface area (Å²) in [7, 11) is 0. The number of morpholine rings is 1. The van der Waals surface area contributed by atoms with Gasteiger partial charge in [0.25, 0.3) is 0 Å². The van der Waals surface area contributed by atoms with Crippen LogP contribution in [0.3, 0.4) is 0 Å². The fraction of sp³-hybridized carbons (Fsp3) is 0.276. The van der Waals surface area contributed by atoms with Gasteiger partial charge in [-0.2, -0.15) is 0 Å². The van der Waals surface area contributed by atoms with Crippen LogP contribution in [0.2, 0.25) is 0 Å². The van der Waals surface area contributed by atoms with E-state index in [1.807, 2.05) is 43.3 Å². The average molecular weight is 514 g/mol. The molecular formula is C29H28FN5O3. The monoisotopic (exact) mass is 513 g/mol.